The van der Waals surface area contributed by atoms with Crippen LogP contribution in [0.25, 0.3) is 0 Å². The highest BCUT2D eigenvalue weighted by Gasteiger charge is 2.02. The number of rotatable bonds is 3. The molecule has 0 spiro atoms. The molecule has 0 heterocycles. The van der Waals surface area contributed by atoms with E-state index < -0.39 is 0 Å². The van der Waals surface area contributed by atoms with E-state index in [0.29, 0.717) is 22.4 Å². The second-order valence-corrected chi connectivity index (χ2v) is 5.25. The smallest absolute Gasteiger partial charge is 0.138 e. The van der Waals surface area contributed by atoms with Crippen LogP contribution >= 0.6 is 39.1 Å². The van der Waals surface area contributed by atoms with Gasteiger partial charge in [0.05, 0.1) is 5.02 Å². The molecule has 0 aliphatic heterocycles. The summed E-state index contributed by atoms with van der Waals surface area (Å²) in [6, 6.07) is 13.1. The molecule has 0 atom stereocenters. The molecule has 0 aliphatic rings. The molecular weight excluding hydrogens is 323 g/mol. The molecular formula is C13H9BrCl2O. The van der Waals surface area contributed by atoms with Crippen molar-refractivity contribution < 1.29 is 4.74 Å². The molecule has 0 radical (unpaired) electrons. The maximum Gasteiger partial charge on any atom is 0.138 e. The zero-order valence-corrected chi connectivity index (χ0v) is 11.9. The van der Waals surface area contributed by atoms with Crippen LogP contribution in [-0.2, 0) is 6.61 Å². The second-order valence-electron chi connectivity index (χ2n) is 3.49. The first-order chi connectivity index (χ1) is 8.15. The van der Waals surface area contributed by atoms with E-state index >= 15 is 0 Å². The number of hydrogen-bond donors (Lipinski definition) is 0. The van der Waals surface area contributed by atoms with Crippen molar-refractivity contribution in [2.45, 2.75) is 6.61 Å². The van der Waals surface area contributed by atoms with Crippen LogP contribution in [0.15, 0.2) is 46.9 Å². The third-order valence-corrected chi connectivity index (χ3v) is 3.20. The van der Waals surface area contributed by atoms with Gasteiger partial charge in [0.1, 0.15) is 12.4 Å². The fraction of sp³-hybridized carbons (Fsp3) is 0.0769. The molecule has 0 bridgehead atoms. The van der Waals surface area contributed by atoms with Crippen molar-refractivity contribution in [3.63, 3.8) is 0 Å². The highest BCUT2D eigenvalue weighted by Crippen LogP contribution is 2.28. The van der Waals surface area contributed by atoms with Crippen molar-refractivity contribution >= 4 is 39.1 Å². The SMILES string of the molecule is Clc1ccc(OCc2cccc(Br)c2)c(Cl)c1. The second kappa shape index (κ2) is 5.76. The standard InChI is InChI=1S/C13H9BrCl2O/c14-10-3-1-2-9(6-10)8-17-13-5-4-11(15)7-12(13)16/h1-7H,8H2. The quantitative estimate of drug-likeness (QED) is 0.738. The van der Waals surface area contributed by atoms with Gasteiger partial charge in [-0.15, -0.1) is 0 Å². The van der Waals surface area contributed by atoms with Crippen molar-refractivity contribution in [3.8, 4) is 5.75 Å². The average Bonchev–Trinajstić information content (AvgIpc) is 2.28. The molecule has 0 aromatic heterocycles. The summed E-state index contributed by atoms with van der Waals surface area (Å²) in [6.07, 6.45) is 0. The number of benzene rings is 2. The van der Waals surface area contributed by atoms with Crippen molar-refractivity contribution in [1.82, 2.24) is 0 Å². The van der Waals surface area contributed by atoms with Gasteiger partial charge in [0.25, 0.3) is 0 Å². The lowest BCUT2D eigenvalue weighted by molar-refractivity contribution is 0.306. The molecule has 88 valence electrons. The minimum Gasteiger partial charge on any atom is -0.487 e. The Labute approximate surface area is 118 Å². The van der Waals surface area contributed by atoms with E-state index in [-0.39, 0.29) is 0 Å². The molecule has 0 amide bonds. The Morgan fingerprint density at radius 3 is 2.59 bits per heavy atom. The molecule has 4 heteroatoms. The van der Waals surface area contributed by atoms with Crippen molar-refractivity contribution in [2.75, 3.05) is 0 Å². The zero-order valence-electron chi connectivity index (χ0n) is 8.79. The fourth-order valence-corrected chi connectivity index (χ4v) is 2.29. The molecule has 2 aromatic rings. The molecule has 17 heavy (non-hydrogen) atoms. The van der Waals surface area contributed by atoms with Gasteiger partial charge in [-0.3, -0.25) is 0 Å². The Bertz CT molecular complexity index is 529. The van der Waals surface area contributed by atoms with Crippen LogP contribution in [0.5, 0.6) is 5.75 Å². The van der Waals surface area contributed by atoms with Gasteiger partial charge >= 0.3 is 0 Å². The topological polar surface area (TPSA) is 9.23 Å². The summed E-state index contributed by atoms with van der Waals surface area (Å²) in [5.74, 6) is 0.635. The molecule has 0 N–H and O–H groups in total. The summed E-state index contributed by atoms with van der Waals surface area (Å²) < 4.78 is 6.65. The highest BCUT2D eigenvalue weighted by atomic mass is 79.9. The van der Waals surface area contributed by atoms with Crippen molar-refractivity contribution in [2.24, 2.45) is 0 Å². The minimum atomic E-state index is 0.473. The van der Waals surface area contributed by atoms with Gasteiger partial charge in [-0.05, 0) is 35.9 Å². The molecule has 0 saturated carbocycles. The van der Waals surface area contributed by atoms with Gasteiger partial charge in [-0.2, -0.15) is 0 Å². The molecule has 0 saturated heterocycles. The van der Waals surface area contributed by atoms with Gasteiger partial charge in [0, 0.05) is 9.50 Å². The summed E-state index contributed by atoms with van der Waals surface area (Å²) in [5.41, 5.74) is 1.07. The predicted octanol–water partition coefficient (Wildman–Crippen LogP) is 5.33. The van der Waals surface area contributed by atoms with Crippen LogP contribution in [-0.4, -0.2) is 0 Å². The normalized spacial score (nSPS) is 10.3. The van der Waals surface area contributed by atoms with Crippen LogP contribution in [0.1, 0.15) is 5.56 Å². The molecule has 0 unspecified atom stereocenters. The number of ether oxygens (including phenoxy) is 1. The largest absolute Gasteiger partial charge is 0.487 e. The summed E-state index contributed by atoms with van der Waals surface area (Å²) in [5, 5.41) is 1.12. The zero-order chi connectivity index (χ0) is 12.3. The van der Waals surface area contributed by atoms with Crippen LogP contribution in [0, 0.1) is 0 Å². The molecule has 2 aromatic carbocycles. The molecule has 1 nitrogen and oxygen atoms in total. The Morgan fingerprint density at radius 1 is 1.06 bits per heavy atom. The van der Waals surface area contributed by atoms with Crippen molar-refractivity contribution in [1.29, 1.82) is 0 Å². The van der Waals surface area contributed by atoms with Crippen LogP contribution < -0.4 is 4.74 Å². The van der Waals surface area contributed by atoms with Crippen LogP contribution in [0.4, 0.5) is 0 Å². The van der Waals surface area contributed by atoms with Crippen molar-refractivity contribution in [3.05, 3.63) is 62.5 Å². The Hall–Kier alpha value is -0.700. The monoisotopic (exact) mass is 330 g/mol. The minimum absolute atomic E-state index is 0.473. The van der Waals surface area contributed by atoms with Gasteiger partial charge in [-0.25, -0.2) is 0 Å². The first-order valence-electron chi connectivity index (χ1n) is 4.97. The Morgan fingerprint density at radius 2 is 1.88 bits per heavy atom. The van der Waals surface area contributed by atoms with E-state index in [2.05, 4.69) is 15.9 Å². The van der Waals surface area contributed by atoms with Gasteiger partial charge in [0.2, 0.25) is 0 Å². The van der Waals surface area contributed by atoms with E-state index in [1.807, 2.05) is 24.3 Å². The van der Waals surface area contributed by atoms with Crippen LogP contribution in [0.3, 0.4) is 0 Å². The van der Waals surface area contributed by atoms with E-state index in [0.717, 1.165) is 10.0 Å². The van der Waals surface area contributed by atoms with E-state index in [1.165, 1.54) is 0 Å². The molecule has 0 aliphatic carbocycles. The van der Waals surface area contributed by atoms with Crippen LogP contribution in [0.2, 0.25) is 10.0 Å². The van der Waals surface area contributed by atoms with E-state index in [1.54, 1.807) is 18.2 Å². The molecule has 0 fully saturated rings. The third-order valence-electron chi connectivity index (χ3n) is 2.18. The summed E-state index contributed by atoms with van der Waals surface area (Å²) in [4.78, 5) is 0. The van der Waals surface area contributed by atoms with E-state index in [4.69, 9.17) is 27.9 Å². The fourth-order valence-electron chi connectivity index (χ4n) is 1.38. The summed E-state index contributed by atoms with van der Waals surface area (Å²) in [6.45, 7) is 0.473. The average molecular weight is 332 g/mol. The van der Waals surface area contributed by atoms with E-state index in [9.17, 15) is 0 Å². The van der Waals surface area contributed by atoms with Gasteiger partial charge in [0.15, 0.2) is 0 Å². The molecule has 2 rings (SSSR count). The summed E-state index contributed by atoms with van der Waals surface area (Å²) in [7, 11) is 0. The first kappa shape index (κ1) is 12.7. The summed E-state index contributed by atoms with van der Waals surface area (Å²) >= 11 is 15.2. The Balaban J connectivity index is 2.07. The maximum absolute atomic E-state index is 6.01. The number of hydrogen-bond acceptors (Lipinski definition) is 1. The van der Waals surface area contributed by atoms with Gasteiger partial charge in [-0.1, -0.05) is 51.3 Å². The highest BCUT2D eigenvalue weighted by molar-refractivity contribution is 9.10. The lowest BCUT2D eigenvalue weighted by Crippen LogP contribution is -1.95. The first-order valence-corrected chi connectivity index (χ1v) is 6.52. The number of halogens is 3. The maximum atomic E-state index is 6.01. The lowest BCUT2D eigenvalue weighted by Gasteiger charge is -2.08. The predicted molar refractivity (Wildman–Crippen MR) is 74.9 cm³/mol. The van der Waals surface area contributed by atoms with Gasteiger partial charge < -0.3 is 4.74 Å². The third kappa shape index (κ3) is 3.63. The lowest BCUT2D eigenvalue weighted by atomic mass is 10.2. The Kier molecular flexibility index (Phi) is 4.32.